The summed E-state index contributed by atoms with van der Waals surface area (Å²) < 4.78 is 0. The summed E-state index contributed by atoms with van der Waals surface area (Å²) in [5.41, 5.74) is 5.79. The first-order valence-electron chi connectivity index (χ1n) is 6.56. The molecule has 104 valence electrons. The molecule has 0 atom stereocenters. The number of isocyanates is 1. The van der Waals surface area contributed by atoms with Gasteiger partial charge in [-0.2, -0.15) is 10.3 Å². The number of aryl methyl sites for hydroxylation is 2. The van der Waals surface area contributed by atoms with Gasteiger partial charge in [0.05, 0.1) is 11.4 Å². The number of nitrogens with zero attached hydrogens (tertiary/aromatic N) is 2. The number of rotatable bonds is 4. The zero-order valence-electron chi connectivity index (χ0n) is 12.0. The predicted octanol–water partition coefficient (Wildman–Crippen LogP) is 3.75. The molecule has 0 aromatic heterocycles. The normalized spacial score (nSPS) is 9.57. The second-order valence-corrected chi connectivity index (χ2v) is 4.89. The van der Waals surface area contributed by atoms with E-state index in [1.54, 1.807) is 6.08 Å². The maximum atomic E-state index is 10.3. The van der Waals surface area contributed by atoms with E-state index >= 15 is 0 Å². The Hall–Kier alpha value is -2.89. The highest BCUT2D eigenvalue weighted by atomic mass is 16.1. The van der Waals surface area contributed by atoms with Crippen molar-refractivity contribution in [3.05, 3.63) is 58.7 Å². The van der Waals surface area contributed by atoms with E-state index in [9.17, 15) is 4.79 Å². The first kappa shape index (κ1) is 14.5. The minimum Gasteiger partial charge on any atom is -0.293 e. The van der Waals surface area contributed by atoms with E-state index < -0.39 is 0 Å². The first-order chi connectivity index (χ1) is 10.1. The van der Waals surface area contributed by atoms with Gasteiger partial charge in [0.2, 0.25) is 6.08 Å². The molecule has 0 spiro atoms. The molecule has 0 amide bonds. The summed E-state index contributed by atoms with van der Waals surface area (Å²) in [7, 11) is 0. The number of hydrogen-bond donors (Lipinski definition) is 1. The Balaban J connectivity index is 2.22. The van der Waals surface area contributed by atoms with Crippen LogP contribution in [0.3, 0.4) is 0 Å². The van der Waals surface area contributed by atoms with Crippen LogP contribution < -0.4 is 5.32 Å². The van der Waals surface area contributed by atoms with Gasteiger partial charge in [-0.15, -0.1) is 0 Å². The summed E-state index contributed by atoms with van der Waals surface area (Å²) in [6.45, 7) is 3.89. The van der Waals surface area contributed by atoms with Crippen molar-refractivity contribution in [1.82, 2.24) is 0 Å². The second kappa shape index (κ2) is 6.51. The number of anilines is 1. The largest absolute Gasteiger partial charge is 0.293 e. The molecule has 0 radical (unpaired) electrons. The summed E-state index contributed by atoms with van der Waals surface area (Å²) in [5, 5.41) is 11.3. The second-order valence-electron chi connectivity index (χ2n) is 4.89. The van der Waals surface area contributed by atoms with Gasteiger partial charge in [-0.3, -0.25) is 5.32 Å². The van der Waals surface area contributed by atoms with E-state index in [1.807, 2.05) is 50.4 Å². The van der Waals surface area contributed by atoms with Gasteiger partial charge in [0.1, 0.15) is 0 Å². The van der Waals surface area contributed by atoms with E-state index in [-0.39, 0.29) is 0 Å². The molecule has 4 nitrogen and oxygen atoms in total. The van der Waals surface area contributed by atoms with Crippen molar-refractivity contribution in [2.24, 2.45) is 4.99 Å². The molecule has 0 heterocycles. The zero-order valence-corrected chi connectivity index (χ0v) is 12.0. The van der Waals surface area contributed by atoms with Gasteiger partial charge in [0.15, 0.2) is 6.19 Å². The molecule has 1 N–H and O–H groups in total. The van der Waals surface area contributed by atoms with Crippen LogP contribution in [0, 0.1) is 25.3 Å². The van der Waals surface area contributed by atoms with Crippen molar-refractivity contribution < 1.29 is 4.79 Å². The van der Waals surface area contributed by atoms with Crippen LogP contribution >= 0.6 is 0 Å². The Bertz CT molecular complexity index is 753. The highest BCUT2D eigenvalue weighted by Gasteiger charge is 2.03. The Labute approximate surface area is 123 Å². The molecule has 2 aromatic rings. The maximum Gasteiger partial charge on any atom is 0.240 e. The van der Waals surface area contributed by atoms with Crippen LogP contribution in [0.25, 0.3) is 0 Å². The zero-order chi connectivity index (χ0) is 15.2. The molecule has 0 fully saturated rings. The standard InChI is InChI=1S/C17H15N3O/c1-12-7-14(3-5-16(12)19-10-18)9-15-4-6-17(20-11-21)13(2)8-15/h3-8,19H,9H2,1-2H3. The lowest BCUT2D eigenvalue weighted by molar-refractivity contribution is 0.565. The Morgan fingerprint density at radius 2 is 1.76 bits per heavy atom. The number of nitrogens with one attached hydrogen (secondary N) is 1. The highest BCUT2D eigenvalue weighted by Crippen LogP contribution is 2.22. The molecule has 0 bridgehead atoms. The van der Waals surface area contributed by atoms with Crippen molar-refractivity contribution >= 4 is 17.5 Å². The van der Waals surface area contributed by atoms with Gasteiger partial charge >= 0.3 is 0 Å². The van der Waals surface area contributed by atoms with Crippen LogP contribution in [0.2, 0.25) is 0 Å². The fraction of sp³-hybridized carbons (Fsp3) is 0.176. The van der Waals surface area contributed by atoms with Gasteiger partial charge in [-0.05, 0) is 54.7 Å². The van der Waals surface area contributed by atoms with Crippen molar-refractivity contribution in [3.63, 3.8) is 0 Å². The third-order valence-corrected chi connectivity index (χ3v) is 3.32. The number of hydrogen-bond acceptors (Lipinski definition) is 4. The van der Waals surface area contributed by atoms with Gasteiger partial charge in [-0.25, -0.2) is 4.79 Å². The molecule has 0 aliphatic carbocycles. The topological polar surface area (TPSA) is 65.2 Å². The quantitative estimate of drug-likeness (QED) is 0.400. The fourth-order valence-electron chi connectivity index (χ4n) is 2.27. The van der Waals surface area contributed by atoms with E-state index in [0.717, 1.165) is 28.8 Å². The average molecular weight is 277 g/mol. The summed E-state index contributed by atoms with van der Waals surface area (Å²) in [4.78, 5) is 14.0. The van der Waals surface area contributed by atoms with Crippen molar-refractivity contribution in [3.8, 4) is 6.19 Å². The smallest absolute Gasteiger partial charge is 0.240 e. The molecule has 2 rings (SSSR count). The highest BCUT2D eigenvalue weighted by molar-refractivity contribution is 5.56. The SMILES string of the molecule is Cc1cc(Cc2ccc(NC#N)c(C)c2)ccc1N=C=O. The third kappa shape index (κ3) is 3.56. The Morgan fingerprint density at radius 3 is 2.33 bits per heavy atom. The lowest BCUT2D eigenvalue weighted by atomic mass is 10.0. The number of carbonyl (C=O) groups excluding carboxylic acids is 1. The summed E-state index contributed by atoms with van der Waals surface area (Å²) in [6.07, 6.45) is 4.28. The van der Waals surface area contributed by atoms with Crippen LogP contribution in [0.4, 0.5) is 11.4 Å². The third-order valence-electron chi connectivity index (χ3n) is 3.32. The van der Waals surface area contributed by atoms with Gasteiger partial charge in [0, 0.05) is 0 Å². The van der Waals surface area contributed by atoms with Gasteiger partial charge in [0.25, 0.3) is 0 Å². The van der Waals surface area contributed by atoms with Gasteiger partial charge < -0.3 is 0 Å². The average Bonchev–Trinajstić information content (AvgIpc) is 2.45. The van der Waals surface area contributed by atoms with E-state index in [2.05, 4.69) is 16.4 Å². The van der Waals surface area contributed by atoms with Crippen LogP contribution in [0.5, 0.6) is 0 Å². The molecular formula is C17H15N3O. The van der Waals surface area contributed by atoms with E-state index in [4.69, 9.17) is 5.26 Å². The monoisotopic (exact) mass is 277 g/mol. The van der Waals surface area contributed by atoms with E-state index in [1.165, 1.54) is 5.56 Å². The molecule has 0 saturated carbocycles. The number of nitriles is 1. The fourth-order valence-corrected chi connectivity index (χ4v) is 2.27. The van der Waals surface area contributed by atoms with Crippen molar-refractivity contribution in [1.29, 1.82) is 5.26 Å². The predicted molar refractivity (Wildman–Crippen MR) is 82.2 cm³/mol. The lowest BCUT2D eigenvalue weighted by Gasteiger charge is -2.08. The molecule has 2 aromatic carbocycles. The summed E-state index contributed by atoms with van der Waals surface area (Å²) >= 11 is 0. The van der Waals surface area contributed by atoms with Crippen LogP contribution in [-0.4, -0.2) is 6.08 Å². The molecule has 0 aliphatic heterocycles. The number of aliphatic imine (C=N–C) groups is 1. The lowest BCUT2D eigenvalue weighted by Crippen LogP contribution is -1.94. The molecule has 4 heteroatoms. The minimum absolute atomic E-state index is 0.651. The summed E-state index contributed by atoms with van der Waals surface area (Å²) in [5.74, 6) is 0. The van der Waals surface area contributed by atoms with E-state index in [0.29, 0.717) is 5.69 Å². The van der Waals surface area contributed by atoms with Crippen LogP contribution in [0.15, 0.2) is 41.4 Å². The minimum atomic E-state index is 0.651. The summed E-state index contributed by atoms with van der Waals surface area (Å²) in [6, 6.07) is 11.8. The van der Waals surface area contributed by atoms with Crippen LogP contribution in [0.1, 0.15) is 22.3 Å². The Kier molecular flexibility index (Phi) is 4.50. The molecule has 0 saturated heterocycles. The molecule has 0 aliphatic rings. The molecule has 21 heavy (non-hydrogen) atoms. The Morgan fingerprint density at radius 1 is 1.10 bits per heavy atom. The van der Waals surface area contributed by atoms with Crippen molar-refractivity contribution in [2.45, 2.75) is 20.3 Å². The molecular weight excluding hydrogens is 262 g/mol. The number of benzene rings is 2. The first-order valence-corrected chi connectivity index (χ1v) is 6.56. The van der Waals surface area contributed by atoms with Gasteiger partial charge in [-0.1, -0.05) is 24.3 Å². The molecule has 0 unspecified atom stereocenters. The van der Waals surface area contributed by atoms with Crippen molar-refractivity contribution in [2.75, 3.05) is 5.32 Å². The van der Waals surface area contributed by atoms with Crippen LogP contribution in [-0.2, 0) is 11.2 Å². The maximum absolute atomic E-state index is 10.3.